The van der Waals surface area contributed by atoms with Crippen LogP contribution in [0.5, 0.6) is 0 Å². The second-order valence-corrected chi connectivity index (χ2v) is 2.79. The molecule has 1 aromatic carbocycles. The zero-order valence-corrected chi connectivity index (χ0v) is 7.62. The fourth-order valence-corrected chi connectivity index (χ4v) is 0.836. The van der Waals surface area contributed by atoms with Crippen molar-refractivity contribution in [2.24, 2.45) is 0 Å². The van der Waals surface area contributed by atoms with E-state index in [0.717, 1.165) is 12.1 Å². The summed E-state index contributed by atoms with van der Waals surface area (Å²) in [5, 5.41) is 0. The van der Waals surface area contributed by atoms with Crippen LogP contribution in [0.15, 0.2) is 24.3 Å². The lowest BCUT2D eigenvalue weighted by Gasteiger charge is -2.01. The van der Waals surface area contributed by atoms with Gasteiger partial charge in [0, 0.05) is 0 Å². The van der Waals surface area contributed by atoms with Crippen LogP contribution in [0, 0.1) is 5.82 Å². The summed E-state index contributed by atoms with van der Waals surface area (Å²) in [5.74, 6) is -1.28. The Hall–Kier alpha value is -1.71. The minimum Gasteiger partial charge on any atom is -0.454 e. The van der Waals surface area contributed by atoms with Gasteiger partial charge in [0.05, 0.1) is 5.56 Å². The number of hydrogen-bond acceptors (Lipinski definition) is 3. The minimum atomic E-state index is -0.625. The molecule has 1 rings (SSSR count). The summed E-state index contributed by atoms with van der Waals surface area (Å²) in [4.78, 5) is 21.7. The Morgan fingerprint density at radius 1 is 1.29 bits per heavy atom. The predicted octanol–water partition coefficient (Wildman–Crippen LogP) is 1.57. The topological polar surface area (TPSA) is 43.4 Å². The van der Waals surface area contributed by atoms with Crippen molar-refractivity contribution in [1.29, 1.82) is 0 Å². The number of esters is 1. The molecule has 0 aliphatic heterocycles. The SMILES string of the molecule is CC(=O)COC(=O)c1ccc(F)cc1. The maximum absolute atomic E-state index is 12.5. The molecule has 0 radical (unpaired) electrons. The quantitative estimate of drug-likeness (QED) is 0.689. The number of halogens is 1. The number of Topliss-reactive ketones (excluding diaryl/α,β-unsaturated/α-hetero) is 1. The Morgan fingerprint density at radius 3 is 2.36 bits per heavy atom. The average Bonchev–Trinajstić information content (AvgIpc) is 2.15. The summed E-state index contributed by atoms with van der Waals surface area (Å²) in [7, 11) is 0. The third-order valence-electron chi connectivity index (χ3n) is 1.49. The summed E-state index contributed by atoms with van der Waals surface area (Å²) in [6.45, 7) is 1.06. The van der Waals surface area contributed by atoms with Crippen LogP contribution in [0.25, 0.3) is 0 Å². The van der Waals surface area contributed by atoms with Crippen molar-refractivity contribution in [3.05, 3.63) is 35.6 Å². The van der Waals surface area contributed by atoms with Crippen LogP contribution in [0.1, 0.15) is 17.3 Å². The molecule has 0 saturated carbocycles. The van der Waals surface area contributed by atoms with Gasteiger partial charge in [-0.1, -0.05) is 0 Å². The molecule has 0 atom stereocenters. The second-order valence-electron chi connectivity index (χ2n) is 2.79. The van der Waals surface area contributed by atoms with Crippen LogP contribution in [0.2, 0.25) is 0 Å². The van der Waals surface area contributed by atoms with Gasteiger partial charge in [-0.3, -0.25) is 4.79 Å². The maximum Gasteiger partial charge on any atom is 0.338 e. The molecule has 3 nitrogen and oxygen atoms in total. The van der Waals surface area contributed by atoms with E-state index in [0.29, 0.717) is 0 Å². The third kappa shape index (κ3) is 2.97. The van der Waals surface area contributed by atoms with Crippen molar-refractivity contribution in [3.63, 3.8) is 0 Å². The molecule has 4 heteroatoms. The number of carbonyl (C=O) groups is 2. The minimum absolute atomic E-state index is 0.229. The highest BCUT2D eigenvalue weighted by Crippen LogP contribution is 2.04. The molecule has 0 heterocycles. The highest BCUT2D eigenvalue weighted by Gasteiger charge is 2.07. The van der Waals surface area contributed by atoms with Crippen LogP contribution in [-0.2, 0) is 9.53 Å². The van der Waals surface area contributed by atoms with Gasteiger partial charge in [0.2, 0.25) is 0 Å². The zero-order chi connectivity index (χ0) is 10.6. The van der Waals surface area contributed by atoms with Crippen LogP contribution in [0.4, 0.5) is 4.39 Å². The van der Waals surface area contributed by atoms with Gasteiger partial charge in [0.15, 0.2) is 5.78 Å². The van der Waals surface area contributed by atoms with E-state index >= 15 is 0 Å². The number of ether oxygens (including phenoxy) is 1. The lowest BCUT2D eigenvalue weighted by atomic mass is 10.2. The maximum atomic E-state index is 12.5. The van der Waals surface area contributed by atoms with Gasteiger partial charge in [-0.25, -0.2) is 9.18 Å². The van der Waals surface area contributed by atoms with Gasteiger partial charge < -0.3 is 4.74 Å². The fraction of sp³-hybridized carbons (Fsp3) is 0.200. The molecule has 0 aromatic heterocycles. The van der Waals surface area contributed by atoms with Crippen molar-refractivity contribution in [2.75, 3.05) is 6.61 Å². The molecule has 0 N–H and O–H groups in total. The molecule has 0 spiro atoms. The van der Waals surface area contributed by atoms with E-state index in [1.54, 1.807) is 0 Å². The highest BCUT2D eigenvalue weighted by molar-refractivity contribution is 5.91. The number of carbonyl (C=O) groups excluding carboxylic acids is 2. The predicted molar refractivity (Wildman–Crippen MR) is 47.4 cm³/mol. The van der Waals surface area contributed by atoms with E-state index in [-0.39, 0.29) is 18.0 Å². The molecule has 74 valence electrons. The summed E-state index contributed by atoms with van der Waals surface area (Å²) >= 11 is 0. The molecule has 0 bridgehead atoms. The Kier molecular flexibility index (Phi) is 3.34. The summed E-state index contributed by atoms with van der Waals surface area (Å²) in [6.07, 6.45) is 0. The zero-order valence-electron chi connectivity index (χ0n) is 7.62. The Labute approximate surface area is 80.5 Å². The first-order valence-corrected chi connectivity index (χ1v) is 4.01. The molecule has 0 saturated heterocycles. The van der Waals surface area contributed by atoms with E-state index in [9.17, 15) is 14.0 Å². The molecule has 0 aliphatic rings. The smallest absolute Gasteiger partial charge is 0.338 e. The lowest BCUT2D eigenvalue weighted by Crippen LogP contribution is -2.11. The second kappa shape index (κ2) is 4.50. The van der Waals surface area contributed by atoms with Gasteiger partial charge in [0.1, 0.15) is 12.4 Å². The van der Waals surface area contributed by atoms with Crippen LogP contribution < -0.4 is 0 Å². The normalized spacial score (nSPS) is 9.57. The molecule has 14 heavy (non-hydrogen) atoms. The molecule has 0 unspecified atom stereocenters. The Bertz CT molecular complexity index is 343. The van der Waals surface area contributed by atoms with E-state index in [2.05, 4.69) is 4.74 Å². The summed E-state index contributed by atoms with van der Waals surface area (Å²) in [6, 6.07) is 4.92. The number of hydrogen-bond donors (Lipinski definition) is 0. The van der Waals surface area contributed by atoms with E-state index < -0.39 is 11.8 Å². The molecular weight excluding hydrogens is 187 g/mol. The number of ketones is 1. The fourth-order valence-electron chi connectivity index (χ4n) is 0.836. The van der Waals surface area contributed by atoms with Crippen molar-refractivity contribution in [3.8, 4) is 0 Å². The largest absolute Gasteiger partial charge is 0.454 e. The summed E-state index contributed by atoms with van der Waals surface area (Å²) < 4.78 is 17.1. The monoisotopic (exact) mass is 196 g/mol. The highest BCUT2D eigenvalue weighted by atomic mass is 19.1. The molecule has 0 fully saturated rings. The first-order valence-electron chi connectivity index (χ1n) is 4.01. The van der Waals surface area contributed by atoms with Gasteiger partial charge in [0.25, 0.3) is 0 Å². The van der Waals surface area contributed by atoms with Gasteiger partial charge in [-0.05, 0) is 31.2 Å². The molecular formula is C10H9FO3. The van der Waals surface area contributed by atoms with Crippen molar-refractivity contribution in [1.82, 2.24) is 0 Å². The van der Waals surface area contributed by atoms with Gasteiger partial charge in [-0.15, -0.1) is 0 Å². The van der Waals surface area contributed by atoms with E-state index in [4.69, 9.17) is 0 Å². The average molecular weight is 196 g/mol. The van der Waals surface area contributed by atoms with Crippen molar-refractivity contribution < 1.29 is 18.7 Å². The van der Waals surface area contributed by atoms with Crippen molar-refractivity contribution >= 4 is 11.8 Å². The van der Waals surface area contributed by atoms with Crippen LogP contribution in [0.3, 0.4) is 0 Å². The Balaban J connectivity index is 2.61. The van der Waals surface area contributed by atoms with E-state index in [1.807, 2.05) is 0 Å². The third-order valence-corrected chi connectivity index (χ3v) is 1.49. The van der Waals surface area contributed by atoms with Gasteiger partial charge in [-0.2, -0.15) is 0 Å². The first kappa shape index (κ1) is 10.4. The lowest BCUT2D eigenvalue weighted by molar-refractivity contribution is -0.120. The number of benzene rings is 1. The standard InChI is InChI=1S/C10H9FO3/c1-7(12)6-14-10(13)8-2-4-9(11)5-3-8/h2-5H,6H2,1H3. The van der Waals surface area contributed by atoms with Crippen molar-refractivity contribution in [2.45, 2.75) is 6.92 Å². The van der Waals surface area contributed by atoms with E-state index in [1.165, 1.54) is 19.1 Å². The molecule has 1 aromatic rings. The molecule has 0 amide bonds. The number of rotatable bonds is 3. The van der Waals surface area contributed by atoms with Crippen LogP contribution >= 0.6 is 0 Å². The molecule has 0 aliphatic carbocycles. The summed E-state index contributed by atoms with van der Waals surface area (Å²) in [5.41, 5.74) is 0.229. The van der Waals surface area contributed by atoms with Crippen LogP contribution in [-0.4, -0.2) is 18.4 Å². The Morgan fingerprint density at radius 2 is 1.86 bits per heavy atom. The first-order chi connectivity index (χ1) is 6.59. The van der Waals surface area contributed by atoms with Gasteiger partial charge >= 0.3 is 5.97 Å².